The van der Waals surface area contributed by atoms with Crippen molar-refractivity contribution in [1.82, 2.24) is 14.6 Å². The average molecular weight is 568 g/mol. The van der Waals surface area contributed by atoms with E-state index < -0.39 is 33.8 Å². The second-order valence-electron chi connectivity index (χ2n) is 9.99. The van der Waals surface area contributed by atoms with Crippen molar-refractivity contribution < 1.29 is 31.9 Å². The number of piperidine rings is 3. The number of halogens is 1. The van der Waals surface area contributed by atoms with Crippen LogP contribution in [0.4, 0.5) is 4.39 Å². The molecule has 1 N–H and O–H groups in total. The van der Waals surface area contributed by atoms with E-state index in [9.17, 15) is 22.4 Å². The van der Waals surface area contributed by atoms with Gasteiger partial charge in [-0.05, 0) is 85.4 Å². The number of carbonyl (C=O) groups excluding carboxylic acids is 2. The van der Waals surface area contributed by atoms with Crippen molar-refractivity contribution in [2.75, 3.05) is 26.2 Å². The standard InChI is InChI=1S/C29H30FN3O6S/c30-24-5-1-3-22(17-24)27(29(35)39-26-19-33-14-9-21(26)10-15-33)32-40(36,37)25-6-2-4-23(18-25)28(34)38-16-11-20-7-12-31-13-8-20/h1-8,12-13,17-18,21,26-27,32H,9-11,14-16,19H2/t26-,27?/m0/s1. The van der Waals surface area contributed by atoms with Crippen LogP contribution in [0.1, 0.15) is 40.4 Å². The molecule has 3 aromatic rings. The Balaban J connectivity index is 1.31. The van der Waals surface area contributed by atoms with E-state index in [2.05, 4.69) is 14.6 Å². The van der Waals surface area contributed by atoms with Crippen molar-refractivity contribution in [3.8, 4) is 0 Å². The minimum atomic E-state index is -4.33. The maximum atomic E-state index is 14.1. The summed E-state index contributed by atoms with van der Waals surface area (Å²) in [4.78, 5) is 31.9. The van der Waals surface area contributed by atoms with Gasteiger partial charge in [-0.3, -0.25) is 9.88 Å². The Morgan fingerprint density at radius 3 is 2.50 bits per heavy atom. The zero-order chi connectivity index (χ0) is 28.1. The van der Waals surface area contributed by atoms with E-state index in [1.807, 2.05) is 12.1 Å². The summed E-state index contributed by atoms with van der Waals surface area (Å²) in [7, 11) is -4.33. The Kier molecular flexibility index (Phi) is 8.53. The first kappa shape index (κ1) is 27.9. The summed E-state index contributed by atoms with van der Waals surface area (Å²) in [5.74, 6) is -1.90. The number of ether oxygens (including phenoxy) is 2. The summed E-state index contributed by atoms with van der Waals surface area (Å²) in [6.45, 7) is 2.58. The van der Waals surface area contributed by atoms with E-state index in [4.69, 9.17) is 9.47 Å². The highest BCUT2D eigenvalue weighted by Gasteiger charge is 2.39. The molecular weight excluding hydrogens is 537 g/mol. The molecule has 0 radical (unpaired) electrons. The van der Waals surface area contributed by atoms with E-state index in [0.717, 1.165) is 37.6 Å². The van der Waals surface area contributed by atoms with Crippen molar-refractivity contribution >= 4 is 22.0 Å². The Morgan fingerprint density at radius 1 is 1.05 bits per heavy atom. The fraction of sp³-hybridized carbons (Fsp3) is 0.345. The van der Waals surface area contributed by atoms with Gasteiger partial charge in [0.1, 0.15) is 18.0 Å². The van der Waals surface area contributed by atoms with E-state index in [1.54, 1.807) is 12.4 Å². The van der Waals surface area contributed by atoms with Gasteiger partial charge in [-0.2, -0.15) is 4.72 Å². The van der Waals surface area contributed by atoms with Crippen molar-refractivity contribution in [2.24, 2.45) is 5.92 Å². The number of esters is 2. The Labute approximate surface area is 232 Å². The molecule has 0 saturated carbocycles. The predicted octanol–water partition coefficient (Wildman–Crippen LogP) is 3.28. The molecule has 2 bridgehead atoms. The van der Waals surface area contributed by atoms with Crippen molar-refractivity contribution in [2.45, 2.75) is 36.3 Å². The Morgan fingerprint density at radius 2 is 1.80 bits per heavy atom. The van der Waals surface area contributed by atoms with Gasteiger partial charge in [-0.15, -0.1) is 0 Å². The van der Waals surface area contributed by atoms with Gasteiger partial charge >= 0.3 is 11.9 Å². The van der Waals surface area contributed by atoms with Crippen LogP contribution in [0.15, 0.2) is 78.0 Å². The third kappa shape index (κ3) is 6.72. The van der Waals surface area contributed by atoms with Crippen LogP contribution in [0.2, 0.25) is 0 Å². The summed E-state index contributed by atoms with van der Waals surface area (Å²) < 4.78 is 54.4. The summed E-state index contributed by atoms with van der Waals surface area (Å²) in [5.41, 5.74) is 1.09. The predicted molar refractivity (Wildman–Crippen MR) is 143 cm³/mol. The first-order chi connectivity index (χ1) is 19.3. The molecule has 3 saturated heterocycles. The molecule has 3 aliphatic rings. The number of hydrogen-bond acceptors (Lipinski definition) is 8. The number of fused-ring (bicyclic) bond motifs is 3. The monoisotopic (exact) mass is 567 g/mol. The van der Waals surface area contributed by atoms with Gasteiger partial charge < -0.3 is 9.47 Å². The first-order valence-corrected chi connectivity index (χ1v) is 14.6. The normalized spacial score (nSPS) is 21.0. The van der Waals surface area contributed by atoms with Crippen LogP contribution in [-0.4, -0.2) is 62.6 Å². The zero-order valence-corrected chi connectivity index (χ0v) is 22.6. The van der Waals surface area contributed by atoms with Crippen molar-refractivity contribution in [1.29, 1.82) is 0 Å². The summed E-state index contributed by atoms with van der Waals surface area (Å²) >= 11 is 0. The largest absolute Gasteiger partial charge is 0.462 e. The molecule has 3 fully saturated rings. The molecule has 2 atom stereocenters. The van der Waals surface area contributed by atoms with Crippen LogP contribution in [0.5, 0.6) is 0 Å². The molecule has 6 rings (SSSR count). The maximum absolute atomic E-state index is 14.1. The van der Waals surface area contributed by atoms with Gasteiger partial charge in [-0.25, -0.2) is 22.4 Å². The molecule has 9 nitrogen and oxygen atoms in total. The molecule has 1 aromatic heterocycles. The highest BCUT2D eigenvalue weighted by molar-refractivity contribution is 7.89. The summed E-state index contributed by atoms with van der Waals surface area (Å²) in [6, 6.07) is 12.6. The van der Waals surface area contributed by atoms with E-state index in [0.29, 0.717) is 13.0 Å². The van der Waals surface area contributed by atoms with Crippen LogP contribution in [0.25, 0.3) is 0 Å². The minimum Gasteiger partial charge on any atom is -0.462 e. The molecule has 210 valence electrons. The van der Waals surface area contributed by atoms with Gasteiger partial charge in [0, 0.05) is 25.4 Å². The molecule has 0 spiro atoms. The Hall–Kier alpha value is -3.67. The van der Waals surface area contributed by atoms with Gasteiger partial charge in [0.15, 0.2) is 0 Å². The molecule has 4 heterocycles. The topological polar surface area (TPSA) is 115 Å². The molecule has 0 aliphatic carbocycles. The van der Waals surface area contributed by atoms with Gasteiger partial charge in [0.05, 0.1) is 17.1 Å². The number of hydrogen-bond donors (Lipinski definition) is 1. The lowest BCUT2D eigenvalue weighted by Crippen LogP contribution is -2.52. The number of rotatable bonds is 10. The van der Waals surface area contributed by atoms with Crippen LogP contribution >= 0.6 is 0 Å². The SMILES string of the molecule is O=C(OCCc1ccncc1)c1cccc(S(=O)(=O)NC(C(=O)O[C@H]2CN3CCC2CC3)c2cccc(F)c2)c1. The van der Waals surface area contributed by atoms with Crippen LogP contribution in [-0.2, 0) is 30.7 Å². The van der Waals surface area contributed by atoms with Gasteiger partial charge in [-0.1, -0.05) is 18.2 Å². The third-order valence-electron chi connectivity index (χ3n) is 7.31. The number of nitrogens with zero attached hydrogens (tertiary/aromatic N) is 2. The fourth-order valence-corrected chi connectivity index (χ4v) is 6.33. The molecule has 11 heteroatoms. The number of aromatic nitrogens is 1. The molecule has 0 amide bonds. The lowest BCUT2D eigenvalue weighted by atomic mass is 9.86. The van der Waals surface area contributed by atoms with E-state index in [-0.39, 0.29) is 34.7 Å². The third-order valence-corrected chi connectivity index (χ3v) is 8.73. The van der Waals surface area contributed by atoms with Crippen molar-refractivity contribution in [3.63, 3.8) is 0 Å². The maximum Gasteiger partial charge on any atom is 0.338 e. The first-order valence-electron chi connectivity index (χ1n) is 13.2. The lowest BCUT2D eigenvalue weighted by molar-refractivity contribution is -0.161. The van der Waals surface area contributed by atoms with Crippen LogP contribution in [0, 0.1) is 11.7 Å². The second kappa shape index (κ2) is 12.2. The number of sulfonamides is 1. The fourth-order valence-electron chi connectivity index (χ4n) is 5.11. The minimum absolute atomic E-state index is 0.0368. The smallest absolute Gasteiger partial charge is 0.338 e. The number of nitrogens with one attached hydrogen (secondary N) is 1. The molecule has 1 unspecified atom stereocenters. The van der Waals surface area contributed by atoms with Gasteiger partial charge in [0.2, 0.25) is 10.0 Å². The second-order valence-corrected chi connectivity index (χ2v) is 11.7. The highest BCUT2D eigenvalue weighted by atomic mass is 32.2. The average Bonchev–Trinajstić information content (AvgIpc) is 2.97. The van der Waals surface area contributed by atoms with Gasteiger partial charge in [0.25, 0.3) is 0 Å². The van der Waals surface area contributed by atoms with Crippen LogP contribution < -0.4 is 4.72 Å². The Bertz CT molecular complexity index is 1460. The molecule has 2 aromatic carbocycles. The highest BCUT2D eigenvalue weighted by Crippen LogP contribution is 2.31. The molecule has 3 aliphatic heterocycles. The van der Waals surface area contributed by atoms with E-state index in [1.165, 1.54) is 42.5 Å². The summed E-state index contributed by atoms with van der Waals surface area (Å²) in [5, 5.41) is 0. The quantitative estimate of drug-likeness (QED) is 0.372. The number of carbonyl (C=O) groups is 2. The molecule has 40 heavy (non-hydrogen) atoms. The van der Waals surface area contributed by atoms with Crippen molar-refractivity contribution in [3.05, 3.63) is 95.6 Å². The zero-order valence-electron chi connectivity index (χ0n) is 21.7. The van der Waals surface area contributed by atoms with Crippen LogP contribution in [0.3, 0.4) is 0 Å². The van der Waals surface area contributed by atoms with E-state index >= 15 is 0 Å². The number of pyridine rings is 1. The summed E-state index contributed by atoms with van der Waals surface area (Å²) in [6.07, 6.45) is 5.20. The lowest BCUT2D eigenvalue weighted by Gasteiger charge is -2.44. The molecular formula is C29H30FN3O6S. The number of benzene rings is 2.